The third-order valence-electron chi connectivity index (χ3n) is 2.82. The van der Waals surface area contributed by atoms with Crippen molar-refractivity contribution in [1.82, 2.24) is 10.6 Å². The lowest BCUT2D eigenvalue weighted by molar-refractivity contribution is -0.137. The second-order valence-corrected chi connectivity index (χ2v) is 6.53. The summed E-state index contributed by atoms with van der Waals surface area (Å²) in [4.78, 5) is 23.1. The van der Waals surface area contributed by atoms with Crippen molar-refractivity contribution in [2.24, 2.45) is 5.41 Å². The highest BCUT2D eigenvalue weighted by Gasteiger charge is 2.32. The van der Waals surface area contributed by atoms with Crippen molar-refractivity contribution in [2.75, 3.05) is 31.2 Å². The fraction of sp³-hybridized carbons (Fsp3) is 0.846. The van der Waals surface area contributed by atoms with E-state index in [0.29, 0.717) is 6.54 Å². The molecule has 0 aliphatic carbocycles. The van der Waals surface area contributed by atoms with Crippen molar-refractivity contribution in [3.63, 3.8) is 0 Å². The van der Waals surface area contributed by atoms with Gasteiger partial charge < -0.3 is 20.8 Å². The van der Waals surface area contributed by atoms with Crippen molar-refractivity contribution in [1.29, 1.82) is 0 Å². The third-order valence-corrected chi connectivity index (χ3v) is 3.72. The van der Waals surface area contributed by atoms with Crippen LogP contribution in [-0.2, 0) is 9.59 Å². The molecule has 0 rings (SSSR count). The Labute approximate surface area is 124 Å². The standard InChI is InChI=1S/C13H26N2O4S/c1-4-20-8-7-14-10(17)5-6-15-12(19)11(18)13(2,3)9-16/h11,16,18H,4-9H2,1-3H3,(H,14,17)(H,15,19)/t11-/m0/s1. The maximum atomic E-state index is 11.6. The first kappa shape index (κ1) is 19.2. The molecule has 0 aliphatic heterocycles. The van der Waals surface area contributed by atoms with E-state index in [1.165, 1.54) is 0 Å². The van der Waals surface area contributed by atoms with E-state index in [1.807, 2.05) is 0 Å². The van der Waals surface area contributed by atoms with Gasteiger partial charge >= 0.3 is 0 Å². The van der Waals surface area contributed by atoms with Crippen molar-refractivity contribution in [3.8, 4) is 0 Å². The van der Waals surface area contributed by atoms with Crippen LogP contribution in [0, 0.1) is 5.41 Å². The average molecular weight is 306 g/mol. The van der Waals surface area contributed by atoms with Gasteiger partial charge in [-0.25, -0.2) is 0 Å². The van der Waals surface area contributed by atoms with Gasteiger partial charge in [-0.3, -0.25) is 9.59 Å². The second kappa shape index (κ2) is 10.0. The zero-order valence-electron chi connectivity index (χ0n) is 12.4. The van der Waals surface area contributed by atoms with Crippen molar-refractivity contribution < 1.29 is 19.8 Å². The number of thioether (sulfide) groups is 1. The van der Waals surface area contributed by atoms with Crippen LogP contribution in [0.25, 0.3) is 0 Å². The average Bonchev–Trinajstić information content (AvgIpc) is 2.42. The summed E-state index contributed by atoms with van der Waals surface area (Å²) in [6.45, 7) is 5.73. The van der Waals surface area contributed by atoms with Gasteiger partial charge in [0.1, 0.15) is 6.10 Å². The summed E-state index contributed by atoms with van der Waals surface area (Å²) in [5, 5.41) is 24.0. The maximum Gasteiger partial charge on any atom is 0.249 e. The molecule has 1 atom stereocenters. The number of aliphatic hydroxyl groups is 2. The lowest BCUT2D eigenvalue weighted by atomic mass is 9.87. The highest BCUT2D eigenvalue weighted by atomic mass is 32.2. The van der Waals surface area contributed by atoms with E-state index in [-0.39, 0.29) is 25.5 Å². The number of carbonyl (C=O) groups excluding carboxylic acids is 2. The summed E-state index contributed by atoms with van der Waals surface area (Å²) in [6, 6.07) is 0. The first-order valence-electron chi connectivity index (χ1n) is 6.76. The molecule has 0 fully saturated rings. The van der Waals surface area contributed by atoms with Gasteiger partial charge in [0.15, 0.2) is 0 Å². The summed E-state index contributed by atoms with van der Waals surface area (Å²) in [5.74, 6) is 1.19. The summed E-state index contributed by atoms with van der Waals surface area (Å²) >= 11 is 1.75. The molecule has 7 heteroatoms. The number of hydrogen-bond acceptors (Lipinski definition) is 5. The minimum Gasteiger partial charge on any atom is -0.396 e. The van der Waals surface area contributed by atoms with Gasteiger partial charge in [-0.1, -0.05) is 20.8 Å². The fourth-order valence-electron chi connectivity index (χ4n) is 1.33. The van der Waals surface area contributed by atoms with E-state index in [1.54, 1.807) is 25.6 Å². The normalized spacial score (nSPS) is 12.8. The van der Waals surface area contributed by atoms with Gasteiger partial charge in [-0.05, 0) is 5.75 Å². The number of rotatable bonds is 10. The highest BCUT2D eigenvalue weighted by molar-refractivity contribution is 7.99. The Balaban J connectivity index is 3.83. The van der Waals surface area contributed by atoms with Crippen LogP contribution in [0.4, 0.5) is 0 Å². The minimum absolute atomic E-state index is 0.127. The van der Waals surface area contributed by atoms with Gasteiger partial charge in [0.05, 0.1) is 6.61 Å². The molecular weight excluding hydrogens is 280 g/mol. The lowest BCUT2D eigenvalue weighted by Gasteiger charge is -2.27. The Morgan fingerprint density at radius 2 is 1.90 bits per heavy atom. The largest absolute Gasteiger partial charge is 0.396 e. The first-order chi connectivity index (χ1) is 9.35. The lowest BCUT2D eigenvalue weighted by Crippen LogP contribution is -2.46. The predicted octanol–water partition coefficient (Wildman–Crippen LogP) is -0.259. The molecule has 0 saturated carbocycles. The van der Waals surface area contributed by atoms with Crippen LogP contribution in [0.15, 0.2) is 0 Å². The van der Waals surface area contributed by atoms with Crippen LogP contribution < -0.4 is 10.6 Å². The Kier molecular flexibility index (Phi) is 9.62. The van der Waals surface area contributed by atoms with E-state index in [4.69, 9.17) is 5.11 Å². The van der Waals surface area contributed by atoms with E-state index >= 15 is 0 Å². The van der Waals surface area contributed by atoms with Gasteiger partial charge in [0, 0.05) is 30.7 Å². The van der Waals surface area contributed by atoms with Crippen LogP contribution >= 0.6 is 11.8 Å². The molecule has 0 aliphatic rings. The van der Waals surface area contributed by atoms with Crippen molar-refractivity contribution >= 4 is 23.6 Å². The van der Waals surface area contributed by atoms with Gasteiger partial charge in [-0.2, -0.15) is 11.8 Å². The van der Waals surface area contributed by atoms with Crippen molar-refractivity contribution in [3.05, 3.63) is 0 Å². The zero-order valence-corrected chi connectivity index (χ0v) is 13.3. The zero-order chi connectivity index (χ0) is 15.6. The number of aliphatic hydroxyl groups excluding tert-OH is 2. The molecule has 0 bridgehead atoms. The number of hydrogen-bond donors (Lipinski definition) is 4. The molecule has 2 amide bonds. The molecule has 118 valence electrons. The van der Waals surface area contributed by atoms with Crippen LogP contribution in [0.5, 0.6) is 0 Å². The second-order valence-electron chi connectivity index (χ2n) is 5.14. The Morgan fingerprint density at radius 3 is 2.45 bits per heavy atom. The number of amides is 2. The third kappa shape index (κ3) is 7.72. The molecule has 0 spiro atoms. The van der Waals surface area contributed by atoms with Gasteiger partial charge in [0.2, 0.25) is 11.8 Å². The molecule has 0 aromatic heterocycles. The number of carbonyl (C=O) groups is 2. The smallest absolute Gasteiger partial charge is 0.249 e. The summed E-state index contributed by atoms with van der Waals surface area (Å²) in [5.41, 5.74) is -0.899. The molecule has 0 aromatic rings. The van der Waals surface area contributed by atoms with Crippen LogP contribution in [0.2, 0.25) is 0 Å². The molecule has 0 saturated heterocycles. The molecule has 4 N–H and O–H groups in total. The molecule has 0 unspecified atom stereocenters. The minimum atomic E-state index is -1.29. The monoisotopic (exact) mass is 306 g/mol. The Morgan fingerprint density at radius 1 is 1.25 bits per heavy atom. The summed E-state index contributed by atoms with van der Waals surface area (Å²) in [7, 11) is 0. The molecule has 0 radical (unpaired) electrons. The van der Waals surface area contributed by atoms with E-state index in [9.17, 15) is 14.7 Å². The highest BCUT2D eigenvalue weighted by Crippen LogP contribution is 2.19. The van der Waals surface area contributed by atoms with Crippen LogP contribution in [-0.4, -0.2) is 59.3 Å². The summed E-state index contributed by atoms with van der Waals surface area (Å²) < 4.78 is 0. The topological polar surface area (TPSA) is 98.7 Å². The molecule has 6 nitrogen and oxygen atoms in total. The maximum absolute atomic E-state index is 11.6. The van der Waals surface area contributed by atoms with E-state index in [2.05, 4.69) is 17.6 Å². The Hall–Kier alpha value is -0.790. The molecule has 0 aromatic carbocycles. The predicted molar refractivity (Wildman–Crippen MR) is 80.5 cm³/mol. The Bertz CT molecular complexity index is 311. The quantitative estimate of drug-likeness (QED) is 0.417. The number of nitrogens with one attached hydrogen (secondary N) is 2. The van der Waals surface area contributed by atoms with Crippen molar-refractivity contribution in [2.45, 2.75) is 33.3 Å². The summed E-state index contributed by atoms with van der Waals surface area (Å²) in [6.07, 6.45) is -1.12. The van der Waals surface area contributed by atoms with E-state index < -0.39 is 17.4 Å². The SMILES string of the molecule is CCSCCNC(=O)CCNC(=O)[C@H](O)C(C)(C)CO. The molecule has 20 heavy (non-hydrogen) atoms. The molecule has 0 heterocycles. The van der Waals surface area contributed by atoms with Crippen LogP contribution in [0.1, 0.15) is 27.2 Å². The van der Waals surface area contributed by atoms with E-state index in [0.717, 1.165) is 11.5 Å². The van der Waals surface area contributed by atoms with Crippen LogP contribution in [0.3, 0.4) is 0 Å². The molecular formula is C13H26N2O4S. The first-order valence-corrected chi connectivity index (χ1v) is 7.91. The van der Waals surface area contributed by atoms with Gasteiger partial charge in [-0.15, -0.1) is 0 Å². The fourth-order valence-corrected chi connectivity index (χ4v) is 1.87. The van der Waals surface area contributed by atoms with Gasteiger partial charge in [0.25, 0.3) is 0 Å².